The van der Waals surface area contributed by atoms with E-state index < -0.39 is 0 Å². The Bertz CT molecular complexity index is 622. The Kier molecular flexibility index (Phi) is 7.83. The molecule has 0 fully saturated rings. The Hall–Kier alpha value is -1.29. The van der Waals surface area contributed by atoms with Gasteiger partial charge in [-0.05, 0) is 56.7 Å². The van der Waals surface area contributed by atoms with Gasteiger partial charge in [0.1, 0.15) is 5.82 Å². The maximum atomic E-state index is 6.27. The molecule has 0 saturated heterocycles. The van der Waals surface area contributed by atoms with Crippen molar-refractivity contribution in [1.29, 1.82) is 0 Å². The monoisotopic (exact) mass is 365 g/mol. The van der Waals surface area contributed by atoms with Gasteiger partial charge in [-0.25, -0.2) is 4.98 Å². The highest BCUT2D eigenvalue weighted by molar-refractivity contribution is 6.39. The van der Waals surface area contributed by atoms with Crippen molar-refractivity contribution in [2.45, 2.75) is 26.7 Å². The van der Waals surface area contributed by atoms with Gasteiger partial charge in [-0.15, -0.1) is 0 Å². The van der Waals surface area contributed by atoms with Crippen LogP contribution in [-0.4, -0.2) is 36.1 Å². The second-order valence-electron chi connectivity index (χ2n) is 5.67. The Morgan fingerprint density at radius 2 is 1.62 bits per heavy atom. The fourth-order valence-electron chi connectivity index (χ4n) is 2.63. The smallest absolute Gasteiger partial charge is 0.126 e. The van der Waals surface area contributed by atoms with Gasteiger partial charge in [0.15, 0.2) is 0 Å². The van der Waals surface area contributed by atoms with Crippen molar-refractivity contribution in [3.05, 3.63) is 46.4 Å². The van der Waals surface area contributed by atoms with Gasteiger partial charge in [0, 0.05) is 12.1 Å². The topological polar surface area (TPSA) is 28.2 Å². The second-order valence-corrected chi connectivity index (χ2v) is 6.48. The van der Waals surface area contributed by atoms with Crippen LogP contribution in [0.3, 0.4) is 0 Å². The first-order chi connectivity index (χ1) is 11.7. The number of hydrogen-bond acceptors (Lipinski definition) is 3. The summed E-state index contributed by atoms with van der Waals surface area (Å²) < 4.78 is 0. The number of hydrogen-bond donors (Lipinski definition) is 1. The fraction of sp³-hybridized carbons (Fsp3) is 0.421. The van der Waals surface area contributed by atoms with Crippen molar-refractivity contribution in [2.75, 3.05) is 31.5 Å². The van der Waals surface area contributed by atoms with Crippen LogP contribution >= 0.6 is 23.2 Å². The first kappa shape index (κ1) is 19.0. The highest BCUT2D eigenvalue weighted by atomic mass is 35.5. The average Bonchev–Trinajstić information content (AvgIpc) is 2.58. The van der Waals surface area contributed by atoms with Crippen LogP contribution in [0.15, 0.2) is 36.4 Å². The minimum absolute atomic E-state index is 0.617. The Labute approximate surface area is 155 Å². The first-order valence-electron chi connectivity index (χ1n) is 8.53. The Morgan fingerprint density at radius 3 is 2.29 bits per heavy atom. The van der Waals surface area contributed by atoms with Crippen molar-refractivity contribution < 1.29 is 0 Å². The molecule has 3 nitrogen and oxygen atoms in total. The number of halogens is 2. The Balaban J connectivity index is 1.92. The average molecular weight is 366 g/mol. The number of pyridine rings is 1. The van der Waals surface area contributed by atoms with Crippen molar-refractivity contribution in [3.8, 4) is 11.3 Å². The molecule has 1 aromatic heterocycles. The number of benzene rings is 1. The number of anilines is 1. The maximum Gasteiger partial charge on any atom is 0.126 e. The predicted molar refractivity (Wildman–Crippen MR) is 105 cm³/mol. The van der Waals surface area contributed by atoms with Gasteiger partial charge in [0.25, 0.3) is 0 Å². The number of rotatable bonds is 9. The molecule has 130 valence electrons. The van der Waals surface area contributed by atoms with E-state index in [2.05, 4.69) is 29.0 Å². The van der Waals surface area contributed by atoms with Gasteiger partial charge in [-0.3, -0.25) is 0 Å². The van der Waals surface area contributed by atoms with E-state index in [-0.39, 0.29) is 0 Å². The van der Waals surface area contributed by atoms with Gasteiger partial charge in [-0.1, -0.05) is 49.2 Å². The molecule has 0 radical (unpaired) electrons. The van der Waals surface area contributed by atoms with E-state index in [1.807, 2.05) is 36.4 Å². The van der Waals surface area contributed by atoms with E-state index >= 15 is 0 Å². The molecule has 0 unspecified atom stereocenters. The highest BCUT2D eigenvalue weighted by Gasteiger charge is 2.10. The van der Waals surface area contributed by atoms with E-state index in [9.17, 15) is 0 Å². The van der Waals surface area contributed by atoms with Crippen molar-refractivity contribution in [3.63, 3.8) is 0 Å². The molecule has 1 heterocycles. The summed E-state index contributed by atoms with van der Waals surface area (Å²) in [5.74, 6) is 0.853. The Morgan fingerprint density at radius 1 is 0.958 bits per heavy atom. The van der Waals surface area contributed by atoms with E-state index in [1.54, 1.807) is 0 Å². The number of nitrogens with one attached hydrogen (secondary N) is 1. The van der Waals surface area contributed by atoms with Crippen LogP contribution in [-0.2, 0) is 0 Å². The van der Waals surface area contributed by atoms with Crippen LogP contribution in [0.2, 0.25) is 10.0 Å². The molecular weight excluding hydrogens is 341 g/mol. The second kappa shape index (κ2) is 9.87. The molecule has 0 bridgehead atoms. The van der Waals surface area contributed by atoms with Crippen molar-refractivity contribution in [2.24, 2.45) is 0 Å². The first-order valence-corrected chi connectivity index (χ1v) is 9.29. The van der Waals surface area contributed by atoms with Crippen LogP contribution in [0.1, 0.15) is 26.7 Å². The molecule has 1 aromatic carbocycles. The predicted octanol–water partition coefficient (Wildman–Crippen LogP) is 5.59. The summed E-state index contributed by atoms with van der Waals surface area (Å²) in [6, 6.07) is 11.4. The molecule has 1 N–H and O–H groups in total. The number of unbranched alkanes of at least 4 members (excludes halogenated alkanes) is 1. The summed E-state index contributed by atoms with van der Waals surface area (Å²) in [7, 11) is 0. The molecular formula is C19H25Cl2N3. The lowest BCUT2D eigenvalue weighted by molar-refractivity contribution is 0.298. The van der Waals surface area contributed by atoms with Crippen LogP contribution in [0.4, 0.5) is 5.82 Å². The molecule has 0 saturated carbocycles. The third kappa shape index (κ3) is 5.37. The number of nitrogens with zero attached hydrogens (tertiary/aromatic N) is 2. The fourth-order valence-corrected chi connectivity index (χ4v) is 3.22. The van der Waals surface area contributed by atoms with E-state index in [1.165, 1.54) is 6.42 Å². The molecule has 2 aromatic rings. The van der Waals surface area contributed by atoms with Crippen LogP contribution in [0, 0.1) is 0 Å². The molecule has 5 heteroatoms. The summed E-state index contributed by atoms with van der Waals surface area (Å²) in [6.07, 6.45) is 2.31. The SMILES string of the molecule is CCN(CC)CCCCNc1cccc(-c2c(Cl)cccc2Cl)n1. The standard InChI is InChI=1S/C19H25Cl2N3/c1-3-24(4-2)14-6-5-13-22-18-12-8-11-17(23-18)19-15(20)9-7-10-16(19)21/h7-12H,3-6,13-14H2,1-2H3,(H,22,23). The van der Waals surface area contributed by atoms with Gasteiger partial charge in [0.05, 0.1) is 15.7 Å². The molecule has 0 amide bonds. The van der Waals surface area contributed by atoms with Gasteiger partial charge < -0.3 is 10.2 Å². The lowest BCUT2D eigenvalue weighted by Crippen LogP contribution is -2.24. The minimum atomic E-state index is 0.617. The van der Waals surface area contributed by atoms with Gasteiger partial charge in [0.2, 0.25) is 0 Å². The zero-order valence-electron chi connectivity index (χ0n) is 14.4. The lowest BCUT2D eigenvalue weighted by Gasteiger charge is -2.17. The summed E-state index contributed by atoms with van der Waals surface area (Å²) in [5, 5.41) is 4.62. The van der Waals surface area contributed by atoms with E-state index in [0.29, 0.717) is 10.0 Å². The maximum absolute atomic E-state index is 6.27. The molecule has 0 spiro atoms. The third-order valence-corrected chi connectivity index (χ3v) is 4.70. The zero-order chi connectivity index (χ0) is 17.4. The minimum Gasteiger partial charge on any atom is -0.370 e. The highest BCUT2D eigenvalue weighted by Crippen LogP contribution is 2.33. The zero-order valence-corrected chi connectivity index (χ0v) is 15.9. The molecule has 0 aliphatic carbocycles. The summed E-state index contributed by atoms with van der Waals surface area (Å²) >= 11 is 12.5. The van der Waals surface area contributed by atoms with Crippen LogP contribution < -0.4 is 5.32 Å². The number of aromatic nitrogens is 1. The molecule has 0 atom stereocenters. The van der Waals surface area contributed by atoms with Crippen LogP contribution in [0.5, 0.6) is 0 Å². The van der Waals surface area contributed by atoms with Gasteiger partial charge >= 0.3 is 0 Å². The summed E-state index contributed by atoms with van der Waals surface area (Å²) in [4.78, 5) is 7.08. The molecule has 24 heavy (non-hydrogen) atoms. The van der Waals surface area contributed by atoms with Gasteiger partial charge in [-0.2, -0.15) is 0 Å². The molecule has 0 aliphatic heterocycles. The third-order valence-electron chi connectivity index (χ3n) is 4.07. The van der Waals surface area contributed by atoms with E-state index in [4.69, 9.17) is 23.2 Å². The summed E-state index contributed by atoms with van der Waals surface area (Å²) in [5.41, 5.74) is 1.57. The lowest BCUT2D eigenvalue weighted by atomic mass is 10.1. The van der Waals surface area contributed by atoms with Crippen LogP contribution in [0.25, 0.3) is 11.3 Å². The molecule has 2 rings (SSSR count). The molecule has 0 aliphatic rings. The quantitative estimate of drug-likeness (QED) is 0.587. The normalized spacial score (nSPS) is 11.0. The largest absolute Gasteiger partial charge is 0.370 e. The summed E-state index contributed by atoms with van der Waals surface area (Å²) in [6.45, 7) is 8.71. The van der Waals surface area contributed by atoms with E-state index in [0.717, 1.165) is 49.7 Å². The van der Waals surface area contributed by atoms with Crippen molar-refractivity contribution >= 4 is 29.0 Å². The van der Waals surface area contributed by atoms with Crippen molar-refractivity contribution in [1.82, 2.24) is 9.88 Å².